The molecule has 4 bridgehead atoms. The number of Topliss-reactive ketones (excluding diaryl/α,β-unsaturated/α-hetero) is 1. The van der Waals surface area contributed by atoms with Crippen molar-refractivity contribution in [1.29, 1.82) is 0 Å². The minimum Gasteiger partial charge on any atom is -0.493 e. The fourth-order valence-electron chi connectivity index (χ4n) is 12.5. The number of carbonyl (C=O) groups excluding carboxylic acids is 1. The van der Waals surface area contributed by atoms with Gasteiger partial charge in [0, 0.05) is 23.2 Å². The van der Waals surface area contributed by atoms with Gasteiger partial charge in [-0.2, -0.15) is 0 Å². The molecule has 2 aromatic carbocycles. The van der Waals surface area contributed by atoms with E-state index in [0.29, 0.717) is 55.1 Å². The highest BCUT2D eigenvalue weighted by Gasteiger charge is 2.81. The van der Waals surface area contributed by atoms with E-state index in [0.717, 1.165) is 35.3 Å². The molecule has 4 heterocycles. The molecule has 2 spiro atoms. The summed E-state index contributed by atoms with van der Waals surface area (Å²) in [6.45, 7) is 1.45. The summed E-state index contributed by atoms with van der Waals surface area (Å²) in [6, 6.07) is 7.52. The average molecular weight is 631 g/mol. The zero-order valence-corrected chi connectivity index (χ0v) is 26.8. The zero-order valence-electron chi connectivity index (χ0n) is 26.8. The molecule has 10 heteroatoms. The summed E-state index contributed by atoms with van der Waals surface area (Å²) in [5.41, 5.74) is -2.03. The molecule has 2 saturated heterocycles. The third kappa shape index (κ3) is 2.68. The Morgan fingerprint density at radius 3 is 1.96 bits per heavy atom. The van der Waals surface area contributed by atoms with E-state index in [4.69, 9.17) is 18.9 Å². The summed E-state index contributed by atoms with van der Waals surface area (Å²) < 4.78 is 25.1. The van der Waals surface area contributed by atoms with Crippen LogP contribution in [-0.4, -0.2) is 113 Å². The number of hydrogen-bond donors (Lipinski definition) is 3. The first-order valence-corrected chi connectivity index (χ1v) is 16.9. The van der Waals surface area contributed by atoms with Gasteiger partial charge in [-0.15, -0.1) is 0 Å². The van der Waals surface area contributed by atoms with Gasteiger partial charge in [0.25, 0.3) is 0 Å². The fraction of sp³-hybridized carbons (Fsp3) is 0.639. The molecule has 0 radical (unpaired) electrons. The number of methoxy groups -OCH3 is 2. The lowest BCUT2D eigenvalue weighted by Crippen LogP contribution is -2.82. The molecule has 46 heavy (non-hydrogen) atoms. The Labute approximate surface area is 268 Å². The molecule has 2 aromatic rings. The van der Waals surface area contributed by atoms with Crippen molar-refractivity contribution < 1.29 is 39.1 Å². The van der Waals surface area contributed by atoms with E-state index >= 15 is 4.79 Å². The highest BCUT2D eigenvalue weighted by atomic mass is 16.5. The Hall–Kier alpha value is -2.89. The van der Waals surface area contributed by atoms with E-state index in [1.54, 1.807) is 14.2 Å². The molecule has 10 nitrogen and oxygen atoms in total. The van der Waals surface area contributed by atoms with Crippen LogP contribution in [0.4, 0.5) is 0 Å². The van der Waals surface area contributed by atoms with Crippen LogP contribution in [0.2, 0.25) is 0 Å². The van der Waals surface area contributed by atoms with Crippen LogP contribution in [0, 0.1) is 5.92 Å². The van der Waals surface area contributed by atoms with Crippen LogP contribution < -0.4 is 18.9 Å². The molecule has 10 atom stereocenters. The quantitative estimate of drug-likeness (QED) is 0.460. The Balaban J connectivity index is 1.16. The monoisotopic (exact) mass is 630 g/mol. The summed E-state index contributed by atoms with van der Waals surface area (Å²) in [5, 5.41) is 39.3. The van der Waals surface area contributed by atoms with E-state index in [2.05, 4.69) is 29.0 Å². The highest BCUT2D eigenvalue weighted by molar-refractivity contribution is 5.93. The maximum Gasteiger partial charge on any atom is 0.180 e. The average Bonchev–Trinajstić information content (AvgIpc) is 3.59. The van der Waals surface area contributed by atoms with Gasteiger partial charge in [0.2, 0.25) is 0 Å². The van der Waals surface area contributed by atoms with Gasteiger partial charge in [0.05, 0.1) is 42.2 Å². The minimum absolute atomic E-state index is 0.0886. The van der Waals surface area contributed by atoms with Gasteiger partial charge in [-0.05, 0) is 95.4 Å². The van der Waals surface area contributed by atoms with E-state index < -0.39 is 45.8 Å². The topological polar surface area (TPSA) is 121 Å². The number of ether oxygens (including phenoxy) is 4. The van der Waals surface area contributed by atoms with Crippen molar-refractivity contribution >= 4 is 5.78 Å². The van der Waals surface area contributed by atoms with E-state index in [9.17, 15) is 15.3 Å². The van der Waals surface area contributed by atoms with Gasteiger partial charge in [0.15, 0.2) is 34.9 Å². The summed E-state index contributed by atoms with van der Waals surface area (Å²) in [5.74, 6) is 1.07. The van der Waals surface area contributed by atoms with Crippen LogP contribution in [0.25, 0.3) is 0 Å². The standard InChI is InChI=1S/C36H42N2O8/c1-37-14-12-33-26-19-6-8-22(44-4)29(26)46-31(33)34(40,9-10-35(33,41)23(37)15-19)20-17-36(42)24-16-18-5-7-21(43-3)28-25(18)32(36,11-13-38(24)2)30(45-28)27(20)39/h5-8,20,23-24,30-31,40-42H,9-17H2,1-4H3/t20?,23-,24-,30+,31-,32+,33+,34?,35-,36-/m1/s1. The van der Waals surface area contributed by atoms with Gasteiger partial charge >= 0.3 is 0 Å². The summed E-state index contributed by atoms with van der Waals surface area (Å²) in [6.07, 6.45) is 1.12. The molecule has 2 unspecified atom stereocenters. The van der Waals surface area contributed by atoms with E-state index in [1.807, 2.05) is 19.2 Å². The smallest absolute Gasteiger partial charge is 0.180 e. The van der Waals surface area contributed by atoms with Crippen molar-refractivity contribution in [3.05, 3.63) is 46.5 Å². The van der Waals surface area contributed by atoms with E-state index in [1.165, 1.54) is 0 Å². The van der Waals surface area contributed by atoms with Crippen molar-refractivity contribution in [1.82, 2.24) is 9.80 Å². The lowest BCUT2D eigenvalue weighted by Gasteiger charge is -2.68. The first-order valence-electron chi connectivity index (χ1n) is 16.9. The van der Waals surface area contributed by atoms with Gasteiger partial charge in [-0.25, -0.2) is 0 Å². The summed E-state index contributed by atoms with van der Waals surface area (Å²) in [4.78, 5) is 19.6. The van der Waals surface area contributed by atoms with Crippen LogP contribution in [0.1, 0.15) is 54.4 Å². The van der Waals surface area contributed by atoms with Crippen LogP contribution in [-0.2, 0) is 28.5 Å². The highest BCUT2D eigenvalue weighted by Crippen LogP contribution is 2.71. The fourth-order valence-corrected chi connectivity index (χ4v) is 12.5. The molecule has 244 valence electrons. The van der Waals surface area contributed by atoms with Gasteiger partial charge in [0.1, 0.15) is 11.7 Å². The third-order valence-electron chi connectivity index (χ3n) is 14.5. The van der Waals surface area contributed by atoms with Crippen LogP contribution >= 0.6 is 0 Å². The SMILES string of the molecule is COc1ccc2c3c1O[C@H]1C(=O)C(C4(O)CC[C@@]5(O)[C@H]6Cc7ccc(OC)c8c7[C@@]5(CCN6C)[C@H]4O8)C[C@@]4(O)[C@@H](C2)N(C)CC[C@]314. The van der Waals surface area contributed by atoms with E-state index in [-0.39, 0.29) is 30.7 Å². The predicted octanol–water partition coefficient (Wildman–Crippen LogP) is 1.50. The normalized spacial score (nSPS) is 45.8. The number of carbonyl (C=O) groups is 1. The molecule has 4 aliphatic heterocycles. The number of benzene rings is 2. The first-order chi connectivity index (χ1) is 22.0. The number of piperidine rings is 2. The van der Waals surface area contributed by atoms with Gasteiger partial charge in [-0.3, -0.25) is 4.79 Å². The Kier molecular flexibility index (Phi) is 5.13. The zero-order chi connectivity index (χ0) is 31.8. The second kappa shape index (κ2) is 8.39. The maximum absolute atomic E-state index is 15.1. The number of nitrogens with zero attached hydrogens (tertiary/aromatic N) is 2. The largest absolute Gasteiger partial charge is 0.493 e. The number of aliphatic hydroxyl groups is 3. The molecule has 10 rings (SSSR count). The van der Waals surface area contributed by atoms with Crippen molar-refractivity contribution in [2.75, 3.05) is 41.4 Å². The molecule has 0 aromatic heterocycles. The molecule has 3 N–H and O–H groups in total. The third-order valence-corrected chi connectivity index (χ3v) is 14.5. The molecule has 4 fully saturated rings. The Morgan fingerprint density at radius 1 is 0.761 bits per heavy atom. The van der Waals surface area contributed by atoms with Crippen molar-refractivity contribution in [2.45, 2.75) is 96.9 Å². The van der Waals surface area contributed by atoms with Gasteiger partial charge < -0.3 is 44.1 Å². The number of hydrogen-bond acceptors (Lipinski definition) is 10. The molecule has 4 aliphatic carbocycles. The summed E-state index contributed by atoms with van der Waals surface area (Å²) in [7, 11) is 7.31. The lowest BCUT2D eigenvalue weighted by molar-refractivity contribution is -0.260. The molecular weight excluding hydrogens is 588 g/mol. The minimum atomic E-state index is -1.67. The van der Waals surface area contributed by atoms with Crippen molar-refractivity contribution in [2.24, 2.45) is 5.92 Å². The van der Waals surface area contributed by atoms with Crippen molar-refractivity contribution in [3.63, 3.8) is 0 Å². The number of likely N-dealkylation sites (tertiary alicyclic amines) is 2. The molecular formula is C36H42N2O8. The first kappa shape index (κ1) is 28.2. The molecule has 0 amide bonds. The number of likely N-dealkylation sites (N-methyl/N-ethyl adjacent to an activating group) is 2. The summed E-state index contributed by atoms with van der Waals surface area (Å²) >= 11 is 0. The van der Waals surface area contributed by atoms with Crippen LogP contribution in [0.3, 0.4) is 0 Å². The van der Waals surface area contributed by atoms with Gasteiger partial charge in [-0.1, -0.05) is 12.1 Å². The molecule has 8 aliphatic rings. The number of ketones is 1. The second-order valence-corrected chi connectivity index (χ2v) is 15.6. The van der Waals surface area contributed by atoms with Crippen LogP contribution in [0.5, 0.6) is 23.0 Å². The maximum atomic E-state index is 15.1. The van der Waals surface area contributed by atoms with Crippen LogP contribution in [0.15, 0.2) is 24.3 Å². The lowest BCUT2D eigenvalue weighted by atomic mass is 9.42. The molecule has 2 saturated carbocycles. The predicted molar refractivity (Wildman–Crippen MR) is 165 cm³/mol. The Morgan fingerprint density at radius 2 is 1.33 bits per heavy atom. The van der Waals surface area contributed by atoms with Crippen molar-refractivity contribution in [3.8, 4) is 23.0 Å². The second-order valence-electron chi connectivity index (χ2n) is 15.6. The Bertz CT molecular complexity index is 1750. The number of rotatable bonds is 3.